The lowest BCUT2D eigenvalue weighted by Crippen LogP contribution is -2.49. The van der Waals surface area contributed by atoms with Gasteiger partial charge in [-0.05, 0) is 43.5 Å². The molecule has 0 radical (unpaired) electrons. The van der Waals surface area contributed by atoms with Crippen molar-refractivity contribution >= 4 is 18.3 Å². The van der Waals surface area contributed by atoms with E-state index >= 15 is 0 Å². The molecule has 0 saturated carbocycles. The molecule has 0 spiro atoms. The van der Waals surface area contributed by atoms with Gasteiger partial charge in [0.1, 0.15) is 5.82 Å². The van der Waals surface area contributed by atoms with Gasteiger partial charge in [-0.3, -0.25) is 4.79 Å². The molecule has 0 unspecified atom stereocenters. The SMILES string of the molecule is Cl.NCCCC(=O)NC1(c2cccc(F)c2)CCOCC1. The molecule has 4 nitrogen and oxygen atoms in total. The number of nitrogens with two attached hydrogens (primary N) is 1. The van der Waals surface area contributed by atoms with E-state index in [4.69, 9.17) is 10.5 Å². The number of benzene rings is 1. The minimum absolute atomic E-state index is 0. The van der Waals surface area contributed by atoms with Gasteiger partial charge in [0.2, 0.25) is 5.91 Å². The van der Waals surface area contributed by atoms with Crippen LogP contribution in [0.2, 0.25) is 0 Å². The third-order valence-corrected chi connectivity index (χ3v) is 3.71. The van der Waals surface area contributed by atoms with Gasteiger partial charge in [-0.15, -0.1) is 12.4 Å². The molecule has 1 saturated heterocycles. The Hall–Kier alpha value is -1.17. The van der Waals surface area contributed by atoms with Crippen molar-refractivity contribution in [1.29, 1.82) is 0 Å². The summed E-state index contributed by atoms with van der Waals surface area (Å²) in [6, 6.07) is 6.44. The summed E-state index contributed by atoms with van der Waals surface area (Å²) in [5, 5.41) is 3.07. The number of ether oxygens (including phenoxy) is 1. The highest BCUT2D eigenvalue weighted by Gasteiger charge is 2.35. The first-order chi connectivity index (χ1) is 9.66. The maximum atomic E-state index is 13.5. The van der Waals surface area contributed by atoms with Crippen molar-refractivity contribution in [2.75, 3.05) is 19.8 Å². The fraction of sp³-hybridized carbons (Fsp3) is 0.533. The van der Waals surface area contributed by atoms with Gasteiger partial charge in [0.25, 0.3) is 0 Å². The van der Waals surface area contributed by atoms with Crippen molar-refractivity contribution in [1.82, 2.24) is 5.32 Å². The van der Waals surface area contributed by atoms with Crippen molar-refractivity contribution in [2.45, 2.75) is 31.2 Å². The van der Waals surface area contributed by atoms with Crippen LogP contribution in [0.15, 0.2) is 24.3 Å². The highest BCUT2D eigenvalue weighted by molar-refractivity contribution is 5.85. The van der Waals surface area contributed by atoms with E-state index < -0.39 is 5.54 Å². The van der Waals surface area contributed by atoms with E-state index in [0.29, 0.717) is 45.4 Å². The van der Waals surface area contributed by atoms with Gasteiger partial charge in [-0.1, -0.05) is 12.1 Å². The van der Waals surface area contributed by atoms with Crippen LogP contribution in [0, 0.1) is 5.82 Å². The molecular weight excluding hydrogens is 295 g/mol. The van der Waals surface area contributed by atoms with Gasteiger partial charge in [0, 0.05) is 19.6 Å². The van der Waals surface area contributed by atoms with Crippen molar-refractivity contribution in [3.8, 4) is 0 Å². The predicted molar refractivity (Wildman–Crippen MR) is 81.8 cm³/mol. The van der Waals surface area contributed by atoms with Gasteiger partial charge in [0.15, 0.2) is 0 Å². The number of rotatable bonds is 5. The molecule has 1 heterocycles. The average molecular weight is 317 g/mol. The largest absolute Gasteiger partial charge is 0.381 e. The minimum Gasteiger partial charge on any atom is -0.381 e. The zero-order valence-corrected chi connectivity index (χ0v) is 12.8. The Labute approximate surface area is 130 Å². The highest BCUT2D eigenvalue weighted by atomic mass is 35.5. The summed E-state index contributed by atoms with van der Waals surface area (Å²) < 4.78 is 18.8. The molecule has 21 heavy (non-hydrogen) atoms. The van der Waals surface area contributed by atoms with Crippen molar-refractivity contribution in [3.63, 3.8) is 0 Å². The molecule has 1 aliphatic rings. The summed E-state index contributed by atoms with van der Waals surface area (Å²) in [5.41, 5.74) is 5.71. The number of carbonyl (C=O) groups excluding carboxylic acids is 1. The standard InChI is InChI=1S/C15H21FN2O2.ClH/c16-13-4-1-3-12(11-13)15(6-9-20-10-7-15)18-14(19)5-2-8-17;/h1,3-4,11H,2,5-10,17H2,(H,18,19);1H. The van der Waals surface area contributed by atoms with Gasteiger partial charge in [-0.2, -0.15) is 0 Å². The molecule has 0 aromatic heterocycles. The van der Waals surface area contributed by atoms with Gasteiger partial charge in [-0.25, -0.2) is 4.39 Å². The van der Waals surface area contributed by atoms with Crippen LogP contribution in [0.3, 0.4) is 0 Å². The average Bonchev–Trinajstić information content (AvgIpc) is 2.46. The lowest BCUT2D eigenvalue weighted by molar-refractivity contribution is -0.124. The zero-order chi connectivity index (χ0) is 14.4. The summed E-state index contributed by atoms with van der Waals surface area (Å²) in [7, 11) is 0. The van der Waals surface area contributed by atoms with E-state index in [1.165, 1.54) is 12.1 Å². The molecule has 1 fully saturated rings. The molecule has 3 N–H and O–H groups in total. The van der Waals surface area contributed by atoms with E-state index in [2.05, 4.69) is 5.32 Å². The summed E-state index contributed by atoms with van der Waals surface area (Å²) >= 11 is 0. The number of amides is 1. The van der Waals surface area contributed by atoms with Crippen LogP contribution in [-0.2, 0) is 15.1 Å². The quantitative estimate of drug-likeness (QED) is 0.874. The van der Waals surface area contributed by atoms with Crippen LogP contribution in [-0.4, -0.2) is 25.7 Å². The number of halogens is 2. The second-order valence-corrected chi connectivity index (χ2v) is 5.15. The van der Waals surface area contributed by atoms with Crippen LogP contribution >= 0.6 is 12.4 Å². The fourth-order valence-corrected chi connectivity index (χ4v) is 2.58. The van der Waals surface area contributed by atoms with E-state index in [0.717, 1.165) is 5.56 Å². The number of hydrogen-bond donors (Lipinski definition) is 2. The molecule has 2 rings (SSSR count). The molecule has 1 aromatic rings. The summed E-state index contributed by atoms with van der Waals surface area (Å²) in [6.45, 7) is 1.62. The third-order valence-electron chi connectivity index (χ3n) is 3.71. The van der Waals surface area contributed by atoms with E-state index in [-0.39, 0.29) is 24.1 Å². The molecule has 6 heteroatoms. The van der Waals surface area contributed by atoms with Gasteiger partial charge >= 0.3 is 0 Å². The minimum atomic E-state index is -0.522. The monoisotopic (exact) mass is 316 g/mol. The summed E-state index contributed by atoms with van der Waals surface area (Å²) in [4.78, 5) is 12.0. The maximum Gasteiger partial charge on any atom is 0.220 e. The summed E-state index contributed by atoms with van der Waals surface area (Å²) in [5.74, 6) is -0.328. The fourth-order valence-electron chi connectivity index (χ4n) is 2.58. The van der Waals surface area contributed by atoms with Gasteiger partial charge < -0.3 is 15.8 Å². The number of carbonyl (C=O) groups is 1. The Bertz CT molecular complexity index is 465. The number of nitrogens with one attached hydrogen (secondary N) is 1. The van der Waals surface area contributed by atoms with Crippen LogP contribution in [0.25, 0.3) is 0 Å². The molecule has 1 aromatic carbocycles. The van der Waals surface area contributed by atoms with Crippen molar-refractivity contribution in [3.05, 3.63) is 35.6 Å². The lowest BCUT2D eigenvalue weighted by Gasteiger charge is -2.38. The van der Waals surface area contributed by atoms with Crippen LogP contribution in [0.4, 0.5) is 4.39 Å². The van der Waals surface area contributed by atoms with Gasteiger partial charge in [0.05, 0.1) is 5.54 Å². The molecular formula is C15H22ClFN2O2. The van der Waals surface area contributed by atoms with E-state index in [9.17, 15) is 9.18 Å². The first-order valence-corrected chi connectivity index (χ1v) is 7.01. The molecule has 118 valence electrons. The smallest absolute Gasteiger partial charge is 0.220 e. The lowest BCUT2D eigenvalue weighted by atomic mass is 9.82. The summed E-state index contributed by atoms with van der Waals surface area (Å²) in [6.07, 6.45) is 2.37. The Kier molecular flexibility index (Phi) is 7.08. The zero-order valence-electron chi connectivity index (χ0n) is 11.9. The normalized spacial score (nSPS) is 16.9. The predicted octanol–water partition coefficient (Wildman–Crippen LogP) is 2.11. The van der Waals surface area contributed by atoms with E-state index in [1.54, 1.807) is 6.07 Å². The topological polar surface area (TPSA) is 64.4 Å². The Morgan fingerprint density at radius 1 is 1.38 bits per heavy atom. The maximum absolute atomic E-state index is 13.5. The second kappa shape index (κ2) is 8.32. The van der Waals surface area contributed by atoms with Crippen LogP contribution in [0.1, 0.15) is 31.2 Å². The van der Waals surface area contributed by atoms with Crippen molar-refractivity contribution in [2.24, 2.45) is 5.73 Å². The molecule has 0 atom stereocenters. The van der Waals surface area contributed by atoms with E-state index in [1.807, 2.05) is 6.07 Å². The molecule has 1 aliphatic heterocycles. The van der Waals surface area contributed by atoms with Crippen LogP contribution in [0.5, 0.6) is 0 Å². The first-order valence-electron chi connectivity index (χ1n) is 7.01. The van der Waals surface area contributed by atoms with Crippen LogP contribution < -0.4 is 11.1 Å². The molecule has 1 amide bonds. The third kappa shape index (κ3) is 4.66. The number of hydrogen-bond acceptors (Lipinski definition) is 3. The second-order valence-electron chi connectivity index (χ2n) is 5.15. The van der Waals surface area contributed by atoms with Crippen molar-refractivity contribution < 1.29 is 13.9 Å². The molecule has 0 aliphatic carbocycles. The highest BCUT2D eigenvalue weighted by Crippen LogP contribution is 2.32. The Balaban J connectivity index is 0.00000220. The first kappa shape index (κ1) is 17.9. The Morgan fingerprint density at radius 2 is 2.10 bits per heavy atom. The molecule has 0 bridgehead atoms. The Morgan fingerprint density at radius 3 is 2.71 bits per heavy atom.